The summed E-state index contributed by atoms with van der Waals surface area (Å²) in [5.41, 5.74) is 1.87. The molecule has 0 aliphatic carbocycles. The van der Waals surface area contributed by atoms with Crippen LogP contribution in [0.25, 0.3) is 5.76 Å². The van der Waals surface area contributed by atoms with Crippen molar-refractivity contribution in [3.05, 3.63) is 93.5 Å². The number of hydrogen-bond donors (Lipinski definition) is 2. The van der Waals surface area contributed by atoms with Gasteiger partial charge in [0.2, 0.25) is 0 Å². The molecule has 1 saturated heterocycles. The number of aliphatic hydroxyl groups excluding tert-OH is 1. The van der Waals surface area contributed by atoms with Crippen LogP contribution >= 0.6 is 15.9 Å². The van der Waals surface area contributed by atoms with Gasteiger partial charge in [0.25, 0.3) is 11.7 Å². The molecule has 1 aliphatic rings. The Morgan fingerprint density at radius 2 is 1.75 bits per heavy atom. The van der Waals surface area contributed by atoms with Crippen LogP contribution in [0.2, 0.25) is 0 Å². The number of hydrogen-bond acceptors (Lipinski definition) is 6. The number of benzene rings is 3. The number of carbonyl (C=O) groups excluding carboxylic acids is 2. The number of carbonyl (C=O) groups is 2. The number of methoxy groups -OCH3 is 1. The maximum absolute atomic E-state index is 13.3. The molecule has 0 saturated carbocycles. The number of aromatic hydroxyl groups is 1. The van der Waals surface area contributed by atoms with E-state index in [9.17, 15) is 19.8 Å². The Labute approximate surface area is 217 Å². The van der Waals surface area contributed by atoms with Crippen molar-refractivity contribution in [2.75, 3.05) is 20.3 Å². The zero-order valence-electron chi connectivity index (χ0n) is 19.9. The van der Waals surface area contributed by atoms with Crippen LogP contribution in [0.4, 0.5) is 0 Å². The highest BCUT2D eigenvalue weighted by Crippen LogP contribution is 2.44. The minimum absolute atomic E-state index is 0.0307. The third-order valence-corrected chi connectivity index (χ3v) is 6.65. The number of aliphatic hydroxyl groups is 1. The van der Waals surface area contributed by atoms with Crippen molar-refractivity contribution in [1.82, 2.24) is 4.90 Å². The Bertz CT molecular complexity index is 1300. The van der Waals surface area contributed by atoms with Crippen LogP contribution in [-0.2, 0) is 16.0 Å². The molecule has 3 aromatic carbocycles. The van der Waals surface area contributed by atoms with E-state index >= 15 is 0 Å². The van der Waals surface area contributed by atoms with E-state index in [-0.39, 0.29) is 29.4 Å². The normalized spacial score (nSPS) is 16.9. The van der Waals surface area contributed by atoms with Crippen molar-refractivity contribution in [1.29, 1.82) is 0 Å². The van der Waals surface area contributed by atoms with Crippen LogP contribution in [0.1, 0.15) is 29.7 Å². The summed E-state index contributed by atoms with van der Waals surface area (Å²) in [6, 6.07) is 18.6. The summed E-state index contributed by atoms with van der Waals surface area (Å²) in [6.07, 6.45) is 0.518. The predicted molar refractivity (Wildman–Crippen MR) is 139 cm³/mol. The van der Waals surface area contributed by atoms with Gasteiger partial charge in [-0.1, -0.05) is 30.3 Å². The quantitative estimate of drug-likeness (QED) is 0.226. The maximum atomic E-state index is 13.3. The lowest BCUT2D eigenvalue weighted by Gasteiger charge is -2.26. The van der Waals surface area contributed by atoms with E-state index in [4.69, 9.17) is 9.47 Å². The predicted octanol–water partition coefficient (Wildman–Crippen LogP) is 5.23. The number of amides is 1. The molecule has 1 unspecified atom stereocenters. The second kappa shape index (κ2) is 10.9. The minimum atomic E-state index is -0.883. The molecule has 1 amide bonds. The van der Waals surface area contributed by atoms with Crippen molar-refractivity contribution in [2.45, 2.75) is 19.4 Å². The van der Waals surface area contributed by atoms with Crippen LogP contribution in [0.3, 0.4) is 0 Å². The Kier molecular flexibility index (Phi) is 7.64. The first kappa shape index (κ1) is 25.3. The summed E-state index contributed by atoms with van der Waals surface area (Å²) in [5.74, 6) is -1.06. The number of nitrogens with zero attached hydrogens (tertiary/aromatic N) is 1. The molecule has 0 aromatic heterocycles. The monoisotopic (exact) mass is 551 g/mol. The van der Waals surface area contributed by atoms with Crippen molar-refractivity contribution in [2.24, 2.45) is 0 Å². The molecular weight excluding hydrogens is 526 g/mol. The van der Waals surface area contributed by atoms with E-state index in [1.165, 1.54) is 12.0 Å². The number of rotatable bonds is 8. The molecule has 186 valence electrons. The molecular formula is C28H26BrNO6. The number of likely N-dealkylation sites (tertiary alicyclic amines) is 1. The number of Topliss-reactive ketones (excluding diaryl/α,β-unsaturated/α-hetero) is 1. The van der Waals surface area contributed by atoms with Crippen molar-refractivity contribution < 1.29 is 29.3 Å². The number of phenolic OH excluding ortho intramolecular Hbond substituents is 1. The fraction of sp³-hybridized carbons (Fsp3) is 0.214. The van der Waals surface area contributed by atoms with Crippen LogP contribution in [0.5, 0.6) is 17.2 Å². The Morgan fingerprint density at radius 3 is 2.39 bits per heavy atom. The molecule has 1 aliphatic heterocycles. The summed E-state index contributed by atoms with van der Waals surface area (Å²) in [4.78, 5) is 27.9. The SMILES string of the molecule is CCOc1ccc(/C(O)=C2\C(=O)C(=O)N(CCc3ccccc3)C2c2cc(Br)c(O)c(OC)c2)cc1. The van der Waals surface area contributed by atoms with Gasteiger partial charge >= 0.3 is 0 Å². The Morgan fingerprint density at radius 1 is 1.06 bits per heavy atom. The lowest BCUT2D eigenvalue weighted by molar-refractivity contribution is -0.139. The molecule has 4 rings (SSSR count). The van der Waals surface area contributed by atoms with Gasteiger partial charge in [0.1, 0.15) is 11.5 Å². The summed E-state index contributed by atoms with van der Waals surface area (Å²) in [7, 11) is 1.41. The smallest absolute Gasteiger partial charge is 0.295 e. The Balaban J connectivity index is 1.82. The lowest BCUT2D eigenvalue weighted by atomic mass is 9.94. The van der Waals surface area contributed by atoms with Crippen LogP contribution < -0.4 is 9.47 Å². The first-order valence-corrected chi connectivity index (χ1v) is 12.3. The fourth-order valence-corrected chi connectivity index (χ4v) is 4.75. The van der Waals surface area contributed by atoms with Gasteiger partial charge in [-0.2, -0.15) is 0 Å². The number of halogens is 1. The maximum Gasteiger partial charge on any atom is 0.295 e. The molecule has 1 heterocycles. The van der Waals surface area contributed by atoms with Gasteiger partial charge < -0.3 is 24.6 Å². The Hall–Kier alpha value is -3.78. The molecule has 7 nitrogen and oxygen atoms in total. The summed E-state index contributed by atoms with van der Waals surface area (Å²) in [5, 5.41) is 21.6. The highest BCUT2D eigenvalue weighted by Gasteiger charge is 2.46. The van der Waals surface area contributed by atoms with Gasteiger partial charge in [-0.3, -0.25) is 9.59 Å². The topological polar surface area (TPSA) is 96.3 Å². The largest absolute Gasteiger partial charge is 0.507 e. The van der Waals surface area contributed by atoms with E-state index in [1.807, 2.05) is 37.3 Å². The van der Waals surface area contributed by atoms with Gasteiger partial charge in [-0.05, 0) is 76.8 Å². The van der Waals surface area contributed by atoms with E-state index in [1.54, 1.807) is 36.4 Å². The molecule has 0 radical (unpaired) electrons. The summed E-state index contributed by atoms with van der Waals surface area (Å²) >= 11 is 3.32. The van der Waals surface area contributed by atoms with Gasteiger partial charge in [0, 0.05) is 12.1 Å². The van der Waals surface area contributed by atoms with Gasteiger partial charge in [-0.15, -0.1) is 0 Å². The zero-order valence-corrected chi connectivity index (χ0v) is 21.5. The van der Waals surface area contributed by atoms with E-state index in [0.717, 1.165) is 5.56 Å². The van der Waals surface area contributed by atoms with E-state index in [2.05, 4.69) is 15.9 Å². The van der Waals surface area contributed by atoms with Crippen molar-refractivity contribution in [3.8, 4) is 17.2 Å². The third-order valence-electron chi connectivity index (χ3n) is 6.05. The number of ether oxygens (including phenoxy) is 2. The molecule has 0 bridgehead atoms. The average Bonchev–Trinajstić information content (AvgIpc) is 3.14. The van der Waals surface area contributed by atoms with Crippen LogP contribution in [0.15, 0.2) is 76.8 Å². The van der Waals surface area contributed by atoms with Crippen molar-refractivity contribution in [3.63, 3.8) is 0 Å². The van der Waals surface area contributed by atoms with Gasteiger partial charge in [-0.25, -0.2) is 0 Å². The summed E-state index contributed by atoms with van der Waals surface area (Å²) < 4.78 is 11.1. The number of phenols is 1. The van der Waals surface area contributed by atoms with Gasteiger partial charge in [0.15, 0.2) is 11.5 Å². The molecule has 3 aromatic rings. The van der Waals surface area contributed by atoms with Crippen LogP contribution in [0, 0.1) is 0 Å². The van der Waals surface area contributed by atoms with Crippen molar-refractivity contribution >= 4 is 33.4 Å². The minimum Gasteiger partial charge on any atom is -0.507 e. The third kappa shape index (κ3) is 4.95. The highest BCUT2D eigenvalue weighted by atomic mass is 79.9. The average molecular weight is 552 g/mol. The molecule has 1 fully saturated rings. The molecule has 8 heteroatoms. The summed E-state index contributed by atoms with van der Waals surface area (Å²) in [6.45, 7) is 2.62. The molecule has 1 atom stereocenters. The molecule has 2 N–H and O–H groups in total. The van der Waals surface area contributed by atoms with E-state index < -0.39 is 17.7 Å². The standard InChI is InChI=1S/C28H26BrNO6/c1-3-36-20-11-9-18(10-12-20)25(31)23-24(19-15-21(29)26(32)22(16-19)35-2)30(28(34)27(23)33)14-13-17-7-5-4-6-8-17/h4-12,15-16,24,31-32H,3,13-14H2,1-2H3/b25-23+. The first-order chi connectivity index (χ1) is 17.3. The zero-order chi connectivity index (χ0) is 25.8. The van der Waals surface area contributed by atoms with Crippen LogP contribution in [-0.4, -0.2) is 47.1 Å². The lowest BCUT2D eigenvalue weighted by Crippen LogP contribution is -2.31. The second-order valence-electron chi connectivity index (χ2n) is 8.24. The van der Waals surface area contributed by atoms with Gasteiger partial charge in [0.05, 0.1) is 29.8 Å². The first-order valence-electron chi connectivity index (χ1n) is 11.5. The fourth-order valence-electron chi connectivity index (χ4n) is 4.29. The molecule has 0 spiro atoms. The number of ketones is 1. The molecule has 36 heavy (non-hydrogen) atoms. The second-order valence-corrected chi connectivity index (χ2v) is 9.09. The highest BCUT2D eigenvalue weighted by molar-refractivity contribution is 9.10. The van der Waals surface area contributed by atoms with E-state index in [0.29, 0.717) is 34.4 Å².